The van der Waals surface area contributed by atoms with Crippen LogP contribution in [0.2, 0.25) is 0 Å². The van der Waals surface area contributed by atoms with E-state index < -0.39 is 0 Å². The molecule has 1 aromatic heterocycles. The Morgan fingerprint density at radius 2 is 2.13 bits per heavy atom. The maximum absolute atomic E-state index is 9.50. The van der Waals surface area contributed by atoms with Crippen LogP contribution in [-0.2, 0) is 6.54 Å². The van der Waals surface area contributed by atoms with Gasteiger partial charge in [0.25, 0.3) is 0 Å². The van der Waals surface area contributed by atoms with E-state index in [-0.39, 0.29) is 12.4 Å². The maximum Gasteiger partial charge on any atom is 0.138 e. The third-order valence-corrected chi connectivity index (χ3v) is 2.14. The second-order valence-corrected chi connectivity index (χ2v) is 3.53. The highest BCUT2D eigenvalue weighted by molar-refractivity contribution is 5.27. The first-order valence-corrected chi connectivity index (χ1v) is 5.21. The van der Waals surface area contributed by atoms with Crippen molar-refractivity contribution in [3.63, 3.8) is 0 Å². The molecule has 0 fully saturated rings. The SMILES string of the molecule is Cc1ccc(O)c(CNCCCCO)n1. The second-order valence-electron chi connectivity index (χ2n) is 3.53. The predicted octanol–water partition coefficient (Wildman–Crippen LogP) is 0.958. The minimum Gasteiger partial charge on any atom is -0.506 e. The van der Waals surface area contributed by atoms with Crippen LogP contribution in [0.4, 0.5) is 0 Å². The molecule has 0 aromatic carbocycles. The van der Waals surface area contributed by atoms with Gasteiger partial charge in [-0.1, -0.05) is 0 Å². The number of aromatic nitrogens is 1. The van der Waals surface area contributed by atoms with Crippen molar-refractivity contribution in [1.82, 2.24) is 10.3 Å². The molecule has 0 amide bonds. The first kappa shape index (κ1) is 11.9. The number of aryl methyl sites for hydroxylation is 1. The zero-order valence-electron chi connectivity index (χ0n) is 9.03. The van der Waals surface area contributed by atoms with Gasteiger partial charge >= 0.3 is 0 Å². The van der Waals surface area contributed by atoms with Crippen LogP contribution in [0.3, 0.4) is 0 Å². The van der Waals surface area contributed by atoms with Gasteiger partial charge in [-0.3, -0.25) is 4.98 Å². The summed E-state index contributed by atoms with van der Waals surface area (Å²) in [5.74, 6) is 0.232. The number of nitrogens with one attached hydrogen (secondary N) is 1. The standard InChI is InChI=1S/C11H18N2O2/c1-9-4-5-11(15)10(13-9)8-12-6-2-3-7-14/h4-5,12,14-15H,2-3,6-8H2,1H3. The van der Waals surface area contributed by atoms with E-state index in [1.165, 1.54) is 0 Å². The van der Waals surface area contributed by atoms with Crippen LogP contribution in [0.1, 0.15) is 24.2 Å². The molecule has 0 saturated heterocycles. The molecule has 1 aromatic rings. The Hall–Kier alpha value is -1.13. The van der Waals surface area contributed by atoms with Gasteiger partial charge < -0.3 is 15.5 Å². The molecular formula is C11H18N2O2. The average molecular weight is 210 g/mol. The molecule has 0 bridgehead atoms. The van der Waals surface area contributed by atoms with E-state index in [1.54, 1.807) is 12.1 Å². The molecule has 0 saturated carbocycles. The summed E-state index contributed by atoms with van der Waals surface area (Å²) in [5.41, 5.74) is 1.58. The summed E-state index contributed by atoms with van der Waals surface area (Å²) in [6.45, 7) is 3.53. The number of hydrogen-bond donors (Lipinski definition) is 3. The molecule has 4 heteroatoms. The average Bonchev–Trinajstić information content (AvgIpc) is 2.23. The summed E-state index contributed by atoms with van der Waals surface area (Å²) in [5, 5.41) is 21.2. The lowest BCUT2D eigenvalue weighted by atomic mass is 10.2. The van der Waals surface area contributed by atoms with Gasteiger partial charge in [-0.2, -0.15) is 0 Å². The molecule has 3 N–H and O–H groups in total. The van der Waals surface area contributed by atoms with Crippen molar-refractivity contribution < 1.29 is 10.2 Å². The van der Waals surface area contributed by atoms with Crippen LogP contribution < -0.4 is 5.32 Å². The fourth-order valence-corrected chi connectivity index (χ4v) is 1.30. The Morgan fingerprint density at radius 3 is 2.87 bits per heavy atom. The van der Waals surface area contributed by atoms with E-state index in [2.05, 4.69) is 10.3 Å². The Balaban J connectivity index is 2.33. The Bertz CT molecular complexity index is 303. The zero-order chi connectivity index (χ0) is 11.1. The van der Waals surface area contributed by atoms with Crippen LogP contribution in [-0.4, -0.2) is 28.3 Å². The molecule has 0 aliphatic rings. The number of aliphatic hydroxyl groups excluding tert-OH is 1. The Morgan fingerprint density at radius 1 is 1.33 bits per heavy atom. The highest BCUT2D eigenvalue weighted by Gasteiger charge is 2.01. The Labute approximate surface area is 90.0 Å². The lowest BCUT2D eigenvalue weighted by molar-refractivity contribution is 0.283. The number of nitrogens with zero attached hydrogens (tertiary/aromatic N) is 1. The van der Waals surface area contributed by atoms with Crippen molar-refractivity contribution in [2.45, 2.75) is 26.3 Å². The van der Waals surface area contributed by atoms with Crippen LogP contribution in [0, 0.1) is 6.92 Å². The van der Waals surface area contributed by atoms with Gasteiger partial charge in [-0.05, 0) is 38.4 Å². The van der Waals surface area contributed by atoms with Crippen molar-refractivity contribution in [3.8, 4) is 5.75 Å². The topological polar surface area (TPSA) is 65.4 Å². The van der Waals surface area contributed by atoms with Crippen molar-refractivity contribution in [1.29, 1.82) is 0 Å². The molecule has 0 atom stereocenters. The van der Waals surface area contributed by atoms with Gasteiger partial charge in [0.15, 0.2) is 0 Å². The monoisotopic (exact) mass is 210 g/mol. The van der Waals surface area contributed by atoms with Gasteiger partial charge in [0.2, 0.25) is 0 Å². The normalized spacial score (nSPS) is 10.5. The second kappa shape index (κ2) is 6.37. The van der Waals surface area contributed by atoms with E-state index in [0.29, 0.717) is 12.2 Å². The van der Waals surface area contributed by atoms with Crippen molar-refractivity contribution in [2.75, 3.05) is 13.2 Å². The Kier molecular flexibility index (Phi) is 5.07. The summed E-state index contributed by atoms with van der Waals surface area (Å²) >= 11 is 0. The molecule has 1 heterocycles. The van der Waals surface area contributed by atoms with Crippen LogP contribution in [0.25, 0.3) is 0 Å². The molecule has 1 rings (SSSR count). The largest absolute Gasteiger partial charge is 0.506 e. The molecule has 0 unspecified atom stereocenters. The number of aliphatic hydroxyl groups is 1. The molecule has 0 aliphatic carbocycles. The van der Waals surface area contributed by atoms with E-state index in [1.807, 2.05) is 6.92 Å². The fraction of sp³-hybridized carbons (Fsp3) is 0.545. The summed E-state index contributed by atoms with van der Waals surface area (Å²) < 4.78 is 0. The summed E-state index contributed by atoms with van der Waals surface area (Å²) in [7, 11) is 0. The number of rotatable bonds is 6. The van der Waals surface area contributed by atoms with Crippen molar-refractivity contribution in [2.24, 2.45) is 0 Å². The fourth-order valence-electron chi connectivity index (χ4n) is 1.30. The van der Waals surface area contributed by atoms with Gasteiger partial charge in [0.05, 0.1) is 5.69 Å². The third-order valence-electron chi connectivity index (χ3n) is 2.14. The molecule has 0 spiro atoms. The summed E-state index contributed by atoms with van der Waals surface area (Å²) in [6, 6.07) is 3.44. The van der Waals surface area contributed by atoms with Crippen molar-refractivity contribution >= 4 is 0 Å². The molecule has 0 aliphatic heterocycles. The first-order chi connectivity index (χ1) is 7.24. The van der Waals surface area contributed by atoms with E-state index in [4.69, 9.17) is 5.11 Å². The summed E-state index contributed by atoms with van der Waals surface area (Å²) in [4.78, 5) is 4.23. The van der Waals surface area contributed by atoms with Crippen LogP contribution >= 0.6 is 0 Å². The predicted molar refractivity (Wildman–Crippen MR) is 58.7 cm³/mol. The molecule has 84 valence electrons. The summed E-state index contributed by atoms with van der Waals surface area (Å²) in [6.07, 6.45) is 1.74. The number of pyridine rings is 1. The lowest BCUT2D eigenvalue weighted by Gasteiger charge is -2.06. The van der Waals surface area contributed by atoms with Crippen LogP contribution in [0.15, 0.2) is 12.1 Å². The van der Waals surface area contributed by atoms with Gasteiger partial charge in [0, 0.05) is 18.8 Å². The zero-order valence-corrected chi connectivity index (χ0v) is 9.03. The number of hydrogen-bond acceptors (Lipinski definition) is 4. The molecule has 4 nitrogen and oxygen atoms in total. The van der Waals surface area contributed by atoms with Crippen LogP contribution in [0.5, 0.6) is 5.75 Å². The van der Waals surface area contributed by atoms with Gasteiger partial charge in [0.1, 0.15) is 5.75 Å². The smallest absolute Gasteiger partial charge is 0.138 e. The van der Waals surface area contributed by atoms with Gasteiger partial charge in [-0.15, -0.1) is 0 Å². The minimum atomic E-state index is 0.232. The van der Waals surface area contributed by atoms with E-state index in [9.17, 15) is 5.11 Å². The number of unbranched alkanes of at least 4 members (excludes halogenated alkanes) is 1. The molecular weight excluding hydrogens is 192 g/mol. The number of aromatic hydroxyl groups is 1. The van der Waals surface area contributed by atoms with Crippen molar-refractivity contribution in [3.05, 3.63) is 23.5 Å². The first-order valence-electron chi connectivity index (χ1n) is 5.21. The molecule has 15 heavy (non-hydrogen) atoms. The maximum atomic E-state index is 9.50. The van der Waals surface area contributed by atoms with E-state index >= 15 is 0 Å². The highest BCUT2D eigenvalue weighted by atomic mass is 16.3. The highest BCUT2D eigenvalue weighted by Crippen LogP contribution is 2.13. The lowest BCUT2D eigenvalue weighted by Crippen LogP contribution is -2.16. The molecule has 0 radical (unpaired) electrons. The quantitative estimate of drug-likeness (QED) is 0.612. The van der Waals surface area contributed by atoms with Gasteiger partial charge in [-0.25, -0.2) is 0 Å². The third kappa shape index (κ3) is 4.27. The van der Waals surface area contributed by atoms with E-state index in [0.717, 1.165) is 25.1 Å². The minimum absolute atomic E-state index is 0.232.